The van der Waals surface area contributed by atoms with Crippen molar-refractivity contribution in [3.05, 3.63) is 65.4 Å². The zero-order valence-corrected chi connectivity index (χ0v) is 13.6. The van der Waals surface area contributed by atoms with Crippen LogP contribution >= 0.6 is 0 Å². The summed E-state index contributed by atoms with van der Waals surface area (Å²) in [5, 5.41) is 24.4. The van der Waals surface area contributed by atoms with Crippen LogP contribution in [0.3, 0.4) is 0 Å². The lowest BCUT2D eigenvalue weighted by Gasteiger charge is -2.26. The van der Waals surface area contributed by atoms with E-state index in [0.717, 1.165) is 12.8 Å². The number of hydrogen-bond donors (Lipinski definition) is 2. The van der Waals surface area contributed by atoms with Gasteiger partial charge in [0.05, 0.1) is 6.10 Å². The van der Waals surface area contributed by atoms with Gasteiger partial charge < -0.3 is 20.5 Å². The molecule has 1 fully saturated rings. The number of nitrogens with one attached hydrogen (secondary N) is 1. The average molecular weight is 345 g/mol. The van der Waals surface area contributed by atoms with Gasteiger partial charge >= 0.3 is 6.03 Å². The molecule has 2 aromatic rings. The van der Waals surface area contributed by atoms with Gasteiger partial charge in [-0.05, 0) is 43.0 Å². The number of hydrogen-bond acceptors (Lipinski definition) is 3. The van der Waals surface area contributed by atoms with Crippen LogP contribution in [-0.2, 0) is 0 Å². The van der Waals surface area contributed by atoms with Gasteiger partial charge in [0.2, 0.25) is 6.20 Å². The number of carbonyl (C=O) groups excluding carboxylic acids is 1. The second kappa shape index (κ2) is 7.48. The topological polar surface area (TPSA) is 79.5 Å². The monoisotopic (exact) mass is 345 g/mol. The molecule has 1 aromatic heterocycles. The molecule has 0 bridgehead atoms. The number of rotatable bonds is 4. The van der Waals surface area contributed by atoms with Crippen LogP contribution in [0.1, 0.15) is 30.9 Å². The maximum atomic E-state index is 13.0. The molecule has 2 atom stereocenters. The van der Waals surface area contributed by atoms with E-state index in [1.165, 1.54) is 24.5 Å². The smallest absolute Gasteiger partial charge is 0.322 e. The van der Waals surface area contributed by atoms with Gasteiger partial charge in [0.15, 0.2) is 6.20 Å². The summed E-state index contributed by atoms with van der Waals surface area (Å²) >= 11 is 0. The van der Waals surface area contributed by atoms with Crippen LogP contribution in [-0.4, -0.2) is 28.6 Å². The Morgan fingerprint density at radius 2 is 2.16 bits per heavy atom. The molecular formula is C18H20FN3O3. The molecule has 0 radical (unpaired) electrons. The molecule has 1 aliphatic heterocycles. The van der Waals surface area contributed by atoms with Crippen molar-refractivity contribution in [3.8, 4) is 0 Å². The average Bonchev–Trinajstić information content (AvgIpc) is 3.03. The Hall–Kier alpha value is -2.67. The molecule has 6 nitrogen and oxygen atoms in total. The largest absolute Gasteiger partial charge is 0.619 e. The third kappa shape index (κ3) is 4.24. The number of halogens is 1. The summed E-state index contributed by atoms with van der Waals surface area (Å²) in [7, 11) is 0. The minimum atomic E-state index is -0.764. The molecule has 7 heteroatoms. The number of carbonyl (C=O) groups is 1. The van der Waals surface area contributed by atoms with Crippen molar-refractivity contribution in [3.63, 3.8) is 0 Å². The van der Waals surface area contributed by atoms with Crippen molar-refractivity contribution in [2.75, 3.05) is 11.9 Å². The van der Waals surface area contributed by atoms with Gasteiger partial charge in [0, 0.05) is 18.7 Å². The van der Waals surface area contributed by atoms with E-state index in [-0.39, 0.29) is 17.9 Å². The lowest BCUT2D eigenvalue weighted by molar-refractivity contribution is -0.604. The molecule has 2 amide bonds. The SMILES string of the molecule is O=C(Nc1ccc[n+]([O-])c1)N1CCCC1CC(O)c1ccc(F)cc1. The maximum Gasteiger partial charge on any atom is 0.322 e. The molecule has 2 unspecified atom stereocenters. The molecule has 1 aromatic carbocycles. The van der Waals surface area contributed by atoms with Crippen molar-refractivity contribution in [2.45, 2.75) is 31.4 Å². The van der Waals surface area contributed by atoms with Crippen LogP contribution in [0, 0.1) is 11.0 Å². The molecule has 2 heterocycles. The highest BCUT2D eigenvalue weighted by molar-refractivity contribution is 5.89. The molecule has 132 valence electrons. The zero-order chi connectivity index (χ0) is 17.8. The standard InChI is InChI=1S/C18H20FN3O3/c19-14-7-5-13(6-8-14)17(23)11-16-4-2-10-22(16)18(24)20-15-3-1-9-21(25)12-15/h1,3,5-9,12,16-17,23H,2,4,10-11H2,(H,20,24). The predicted octanol–water partition coefficient (Wildman–Crippen LogP) is 2.58. The fraction of sp³-hybridized carbons (Fsp3) is 0.333. The first-order valence-electron chi connectivity index (χ1n) is 8.23. The normalized spacial score (nSPS) is 18.2. The Morgan fingerprint density at radius 3 is 2.88 bits per heavy atom. The molecule has 0 spiro atoms. The van der Waals surface area contributed by atoms with Crippen LogP contribution in [0.4, 0.5) is 14.9 Å². The highest BCUT2D eigenvalue weighted by Crippen LogP contribution is 2.28. The van der Waals surface area contributed by atoms with Crippen molar-refractivity contribution < 1.29 is 19.0 Å². The number of urea groups is 1. The van der Waals surface area contributed by atoms with E-state index >= 15 is 0 Å². The molecule has 25 heavy (non-hydrogen) atoms. The van der Waals surface area contributed by atoms with Gasteiger partial charge in [-0.2, -0.15) is 4.73 Å². The van der Waals surface area contributed by atoms with Gasteiger partial charge in [-0.25, -0.2) is 9.18 Å². The number of amides is 2. The van der Waals surface area contributed by atoms with Crippen molar-refractivity contribution in [1.29, 1.82) is 0 Å². The van der Waals surface area contributed by atoms with Crippen molar-refractivity contribution in [1.82, 2.24) is 4.90 Å². The molecule has 2 N–H and O–H groups in total. The molecule has 0 saturated carbocycles. The molecular weight excluding hydrogens is 325 g/mol. The maximum absolute atomic E-state index is 13.0. The van der Waals surface area contributed by atoms with Crippen LogP contribution in [0.25, 0.3) is 0 Å². The first kappa shape index (κ1) is 17.2. The number of nitrogens with zero attached hydrogens (tertiary/aromatic N) is 2. The third-order valence-electron chi connectivity index (χ3n) is 4.41. The summed E-state index contributed by atoms with van der Waals surface area (Å²) in [6.45, 7) is 0.594. The Labute approximate surface area is 145 Å². The van der Waals surface area contributed by atoms with E-state index < -0.39 is 6.10 Å². The Kier molecular flexibility index (Phi) is 5.14. The van der Waals surface area contributed by atoms with E-state index in [9.17, 15) is 19.5 Å². The Morgan fingerprint density at radius 1 is 1.40 bits per heavy atom. The number of anilines is 1. The van der Waals surface area contributed by atoms with Crippen LogP contribution in [0.2, 0.25) is 0 Å². The predicted molar refractivity (Wildman–Crippen MR) is 90.1 cm³/mol. The summed E-state index contributed by atoms with van der Waals surface area (Å²) in [4.78, 5) is 14.1. The van der Waals surface area contributed by atoms with Gasteiger partial charge in [-0.15, -0.1) is 0 Å². The van der Waals surface area contributed by atoms with Gasteiger partial charge in [0.25, 0.3) is 0 Å². The highest BCUT2D eigenvalue weighted by Gasteiger charge is 2.31. The second-order valence-electron chi connectivity index (χ2n) is 6.18. The van der Waals surface area contributed by atoms with Crippen LogP contribution < -0.4 is 10.0 Å². The lowest BCUT2D eigenvalue weighted by atomic mass is 10.0. The summed E-state index contributed by atoms with van der Waals surface area (Å²) in [5.41, 5.74) is 1.05. The Balaban J connectivity index is 1.63. The minimum absolute atomic E-state index is 0.108. The van der Waals surface area contributed by atoms with E-state index in [1.807, 2.05) is 0 Å². The highest BCUT2D eigenvalue weighted by atomic mass is 19.1. The van der Waals surface area contributed by atoms with E-state index in [1.54, 1.807) is 29.2 Å². The lowest BCUT2D eigenvalue weighted by Crippen LogP contribution is -2.40. The zero-order valence-electron chi connectivity index (χ0n) is 13.6. The summed E-state index contributed by atoms with van der Waals surface area (Å²) < 4.78 is 13.6. The van der Waals surface area contributed by atoms with E-state index in [4.69, 9.17) is 0 Å². The summed E-state index contributed by atoms with van der Waals surface area (Å²) in [6, 6.07) is 8.53. The molecule has 1 aliphatic rings. The quantitative estimate of drug-likeness (QED) is 0.660. The number of aliphatic hydroxyl groups excluding tert-OH is 1. The van der Waals surface area contributed by atoms with Gasteiger partial charge in [-0.1, -0.05) is 12.1 Å². The van der Waals surface area contributed by atoms with Crippen molar-refractivity contribution in [2.24, 2.45) is 0 Å². The first-order valence-corrected chi connectivity index (χ1v) is 8.23. The minimum Gasteiger partial charge on any atom is -0.619 e. The number of aromatic nitrogens is 1. The number of likely N-dealkylation sites (tertiary alicyclic amines) is 1. The fourth-order valence-corrected chi connectivity index (χ4v) is 3.15. The fourth-order valence-electron chi connectivity index (χ4n) is 3.15. The number of aliphatic hydroxyl groups is 1. The van der Waals surface area contributed by atoms with Gasteiger partial charge in [-0.3, -0.25) is 0 Å². The van der Waals surface area contributed by atoms with Crippen LogP contribution in [0.15, 0.2) is 48.8 Å². The Bertz CT molecular complexity index is 739. The van der Waals surface area contributed by atoms with Crippen LogP contribution in [0.5, 0.6) is 0 Å². The number of pyridine rings is 1. The molecule has 1 saturated heterocycles. The van der Waals surface area contributed by atoms with Gasteiger partial charge in [0.1, 0.15) is 11.5 Å². The third-order valence-corrected chi connectivity index (χ3v) is 4.41. The second-order valence-corrected chi connectivity index (χ2v) is 6.18. The van der Waals surface area contributed by atoms with E-state index in [0.29, 0.717) is 28.9 Å². The van der Waals surface area contributed by atoms with Crippen molar-refractivity contribution >= 4 is 11.7 Å². The van der Waals surface area contributed by atoms with E-state index in [2.05, 4.69) is 5.32 Å². The summed E-state index contributed by atoms with van der Waals surface area (Å²) in [6.07, 6.45) is 3.89. The summed E-state index contributed by atoms with van der Waals surface area (Å²) in [5.74, 6) is -0.351. The number of benzene rings is 1. The first-order chi connectivity index (χ1) is 12.0. The molecule has 0 aliphatic carbocycles. The molecule has 3 rings (SSSR count).